The molecule has 2 unspecified atom stereocenters. The molecule has 8 heteroatoms. The number of carboxylic acids is 2. The van der Waals surface area contributed by atoms with Gasteiger partial charge in [0.15, 0.2) is 0 Å². The van der Waals surface area contributed by atoms with E-state index < -0.39 is 11.9 Å². The summed E-state index contributed by atoms with van der Waals surface area (Å²) >= 11 is 0. The van der Waals surface area contributed by atoms with E-state index in [9.17, 15) is 19.8 Å². The van der Waals surface area contributed by atoms with Gasteiger partial charge in [0.05, 0.1) is 11.1 Å². The number of rotatable bonds is 5. The molecule has 2 saturated heterocycles. The van der Waals surface area contributed by atoms with Crippen molar-refractivity contribution in [2.45, 2.75) is 77.7 Å². The number of nitrogens with one attached hydrogen (secondary N) is 1. The molecule has 4 aliphatic rings. The number of hydrogen-bond donors (Lipinski definition) is 3. The molecule has 2 atom stereocenters. The number of hydrogen-bond acceptors (Lipinski definition) is 4. The van der Waals surface area contributed by atoms with Crippen molar-refractivity contribution in [2.24, 2.45) is 23.7 Å². The summed E-state index contributed by atoms with van der Waals surface area (Å²) in [6.07, 6.45) is 11.5. The molecule has 244 valence electrons. The van der Waals surface area contributed by atoms with Crippen LogP contribution in [0.4, 0.5) is 0 Å². The molecular formula is C38H46N2O6. The van der Waals surface area contributed by atoms with Gasteiger partial charge in [-0.1, -0.05) is 0 Å². The maximum absolute atomic E-state index is 11.4. The molecule has 4 heterocycles. The van der Waals surface area contributed by atoms with Gasteiger partial charge < -0.3 is 29.2 Å². The molecule has 2 aromatic carbocycles. The number of carboxylic acid groups (broad SMARTS) is 2. The van der Waals surface area contributed by atoms with Gasteiger partial charge in [-0.15, -0.1) is 0 Å². The number of benzene rings is 2. The third kappa shape index (κ3) is 5.97. The Morgan fingerprint density at radius 3 is 1.91 bits per heavy atom. The Morgan fingerprint density at radius 1 is 0.739 bits per heavy atom. The highest BCUT2D eigenvalue weighted by atomic mass is 16.5. The van der Waals surface area contributed by atoms with E-state index in [0.717, 1.165) is 86.8 Å². The van der Waals surface area contributed by atoms with Crippen molar-refractivity contribution < 1.29 is 29.3 Å². The molecule has 0 bridgehead atoms. The topological polar surface area (TPSA) is 114 Å². The van der Waals surface area contributed by atoms with Gasteiger partial charge in [0.25, 0.3) is 0 Å². The van der Waals surface area contributed by atoms with E-state index in [1.807, 2.05) is 24.3 Å². The van der Waals surface area contributed by atoms with Crippen molar-refractivity contribution in [1.29, 1.82) is 0 Å². The third-order valence-corrected chi connectivity index (χ3v) is 11.4. The average molecular weight is 627 g/mol. The minimum absolute atomic E-state index is 0.377. The van der Waals surface area contributed by atoms with E-state index in [1.54, 1.807) is 12.1 Å². The van der Waals surface area contributed by atoms with E-state index >= 15 is 0 Å². The van der Waals surface area contributed by atoms with Gasteiger partial charge in [-0.25, -0.2) is 9.59 Å². The van der Waals surface area contributed by atoms with Crippen LogP contribution in [0.15, 0.2) is 36.4 Å². The molecule has 2 aliphatic carbocycles. The summed E-state index contributed by atoms with van der Waals surface area (Å²) in [5.41, 5.74) is 8.52. The molecule has 4 aromatic rings. The van der Waals surface area contributed by atoms with E-state index in [1.165, 1.54) is 66.6 Å². The SMILES string of the molecule is CCn1c2c(c3cc(C(=O)O)ccc31)CC(C1CCOCC1)CC2.O=C(O)c1ccc2[nH]c3c(c2c1)CC(C1CCOCC1)CC3. The maximum atomic E-state index is 11.4. The van der Waals surface area contributed by atoms with Gasteiger partial charge in [-0.2, -0.15) is 0 Å². The molecule has 3 N–H and O–H groups in total. The monoisotopic (exact) mass is 626 g/mol. The summed E-state index contributed by atoms with van der Waals surface area (Å²) in [6, 6.07) is 11.0. The highest BCUT2D eigenvalue weighted by molar-refractivity contribution is 5.96. The van der Waals surface area contributed by atoms with E-state index in [4.69, 9.17) is 9.47 Å². The zero-order chi connectivity index (χ0) is 31.8. The van der Waals surface area contributed by atoms with Crippen molar-refractivity contribution >= 4 is 33.7 Å². The van der Waals surface area contributed by atoms with Crippen LogP contribution in [0.1, 0.15) is 88.7 Å². The third-order valence-electron chi connectivity index (χ3n) is 11.4. The lowest BCUT2D eigenvalue weighted by Gasteiger charge is -2.33. The smallest absolute Gasteiger partial charge is 0.335 e. The molecule has 0 saturated carbocycles. The van der Waals surface area contributed by atoms with Crippen LogP contribution in [-0.4, -0.2) is 58.1 Å². The van der Waals surface area contributed by atoms with Crippen LogP contribution in [0.3, 0.4) is 0 Å². The second-order valence-electron chi connectivity index (χ2n) is 13.8. The highest BCUT2D eigenvalue weighted by Crippen LogP contribution is 2.40. The first-order chi connectivity index (χ1) is 22.4. The molecule has 46 heavy (non-hydrogen) atoms. The number of aromatic nitrogens is 2. The van der Waals surface area contributed by atoms with Crippen LogP contribution >= 0.6 is 0 Å². The van der Waals surface area contributed by atoms with Gasteiger partial charge in [-0.05, 0) is 142 Å². The average Bonchev–Trinajstić information content (AvgIpc) is 3.62. The van der Waals surface area contributed by atoms with Crippen LogP contribution in [0.2, 0.25) is 0 Å². The summed E-state index contributed by atoms with van der Waals surface area (Å²) in [5.74, 6) is 1.25. The minimum Gasteiger partial charge on any atom is -0.478 e. The Labute approximate surface area is 270 Å². The first-order valence-electron chi connectivity index (χ1n) is 17.3. The Morgan fingerprint density at radius 2 is 1.30 bits per heavy atom. The van der Waals surface area contributed by atoms with Crippen molar-refractivity contribution in [3.05, 3.63) is 70.0 Å². The molecule has 8 nitrogen and oxygen atoms in total. The number of carbonyl (C=O) groups is 2. The van der Waals surface area contributed by atoms with Crippen LogP contribution in [0.25, 0.3) is 21.8 Å². The number of nitrogens with zero attached hydrogens (tertiary/aromatic N) is 1. The van der Waals surface area contributed by atoms with Gasteiger partial charge >= 0.3 is 11.9 Å². The molecular weight excluding hydrogens is 580 g/mol. The first kappa shape index (κ1) is 31.0. The lowest BCUT2D eigenvalue weighted by atomic mass is 9.75. The molecule has 2 fully saturated rings. The fraction of sp³-hybridized carbons (Fsp3) is 0.526. The van der Waals surface area contributed by atoms with Crippen molar-refractivity contribution in [2.75, 3.05) is 26.4 Å². The van der Waals surface area contributed by atoms with E-state index in [-0.39, 0.29) is 0 Å². The standard InChI is InChI=1S/C20H25NO3.C18H21NO3/c1-2-21-18-5-3-14(13-7-9-24-10-8-13)11-16(18)17-12-15(20(22)23)4-6-19(17)21;20-18(21)13-2-4-17-15(10-13)14-9-12(1-3-16(14)19-17)11-5-7-22-8-6-11/h4,6,12-14H,2-3,5,7-11H2,1H3,(H,22,23);2,4,10-12,19H,1,3,5-9H2,(H,20,21). The van der Waals surface area contributed by atoms with E-state index in [0.29, 0.717) is 23.0 Å². The fourth-order valence-electron chi connectivity index (χ4n) is 8.93. The van der Waals surface area contributed by atoms with Crippen LogP contribution in [-0.2, 0) is 41.7 Å². The zero-order valence-electron chi connectivity index (χ0n) is 26.9. The summed E-state index contributed by atoms with van der Waals surface area (Å²) in [5, 5.41) is 20.8. The van der Waals surface area contributed by atoms with Gasteiger partial charge in [-0.3, -0.25) is 0 Å². The molecule has 0 radical (unpaired) electrons. The first-order valence-corrected chi connectivity index (χ1v) is 17.3. The molecule has 0 amide bonds. The number of fused-ring (bicyclic) bond motifs is 6. The van der Waals surface area contributed by atoms with Crippen LogP contribution < -0.4 is 0 Å². The van der Waals surface area contributed by atoms with Crippen molar-refractivity contribution in [3.63, 3.8) is 0 Å². The quantitative estimate of drug-likeness (QED) is 0.214. The predicted molar refractivity (Wildman–Crippen MR) is 178 cm³/mol. The van der Waals surface area contributed by atoms with E-state index in [2.05, 4.69) is 16.5 Å². The second kappa shape index (κ2) is 13.2. The summed E-state index contributed by atoms with van der Waals surface area (Å²) in [6.45, 7) is 6.70. The highest BCUT2D eigenvalue weighted by Gasteiger charge is 2.32. The molecule has 2 aromatic heterocycles. The number of aromatic carboxylic acids is 2. The minimum atomic E-state index is -0.853. The molecule has 2 aliphatic heterocycles. The van der Waals surface area contributed by atoms with Gasteiger partial charge in [0.1, 0.15) is 0 Å². The van der Waals surface area contributed by atoms with Gasteiger partial charge in [0.2, 0.25) is 0 Å². The summed E-state index contributed by atoms with van der Waals surface area (Å²) in [7, 11) is 0. The number of aryl methyl sites for hydroxylation is 2. The Hall–Kier alpha value is -3.62. The maximum Gasteiger partial charge on any atom is 0.335 e. The molecule has 0 spiro atoms. The number of H-pyrrole nitrogens is 1. The Bertz CT molecular complexity index is 1740. The zero-order valence-corrected chi connectivity index (χ0v) is 26.9. The second-order valence-corrected chi connectivity index (χ2v) is 13.8. The number of aromatic amines is 1. The lowest BCUT2D eigenvalue weighted by Crippen LogP contribution is -2.28. The normalized spacial score (nSPS) is 22.2. The molecule has 8 rings (SSSR count). The van der Waals surface area contributed by atoms with Gasteiger partial charge in [0, 0.05) is 66.2 Å². The Kier molecular flexibility index (Phi) is 8.93. The van der Waals surface area contributed by atoms with Crippen molar-refractivity contribution in [1.82, 2.24) is 9.55 Å². The fourth-order valence-corrected chi connectivity index (χ4v) is 8.93. The van der Waals surface area contributed by atoms with Crippen molar-refractivity contribution in [3.8, 4) is 0 Å². The van der Waals surface area contributed by atoms with Crippen LogP contribution in [0, 0.1) is 23.7 Å². The summed E-state index contributed by atoms with van der Waals surface area (Å²) in [4.78, 5) is 26.1. The predicted octanol–water partition coefficient (Wildman–Crippen LogP) is 7.29. The van der Waals surface area contributed by atoms with Crippen LogP contribution in [0.5, 0.6) is 0 Å². The summed E-state index contributed by atoms with van der Waals surface area (Å²) < 4.78 is 13.4. The number of ether oxygens (including phenoxy) is 2. The Balaban J connectivity index is 0.000000147. The largest absolute Gasteiger partial charge is 0.478 e. The lowest BCUT2D eigenvalue weighted by molar-refractivity contribution is 0.0438.